The molecule has 4 rings (SSSR count). The second-order valence-corrected chi connectivity index (χ2v) is 6.77. The zero-order valence-electron chi connectivity index (χ0n) is 13.2. The molecular formula is C18H16N4OS. The average molecular weight is 336 g/mol. The number of fused-ring (bicyclic) bond motifs is 2. The molecular weight excluding hydrogens is 320 g/mol. The first-order valence-electron chi connectivity index (χ1n) is 7.78. The zero-order chi connectivity index (χ0) is 16.5. The third-order valence-corrected chi connectivity index (χ3v) is 4.75. The first-order valence-corrected chi connectivity index (χ1v) is 8.60. The summed E-state index contributed by atoms with van der Waals surface area (Å²) >= 11 is 1.50. The molecule has 0 aliphatic rings. The molecule has 120 valence electrons. The maximum absolute atomic E-state index is 12.2. The van der Waals surface area contributed by atoms with Gasteiger partial charge in [0.15, 0.2) is 5.13 Å². The van der Waals surface area contributed by atoms with E-state index in [0.29, 0.717) is 18.0 Å². The van der Waals surface area contributed by atoms with E-state index in [1.54, 1.807) is 0 Å². The fourth-order valence-corrected chi connectivity index (χ4v) is 3.60. The highest BCUT2D eigenvalue weighted by Crippen LogP contribution is 2.26. The van der Waals surface area contributed by atoms with Gasteiger partial charge < -0.3 is 10.3 Å². The minimum atomic E-state index is -0.0498. The smallest absolute Gasteiger partial charge is 0.226 e. The number of nitrogens with one attached hydrogen (secondary N) is 2. The first-order chi connectivity index (χ1) is 11.7. The number of thiazole rings is 1. The van der Waals surface area contributed by atoms with Gasteiger partial charge in [-0.2, -0.15) is 0 Å². The average Bonchev–Trinajstić information content (AvgIpc) is 3.15. The van der Waals surface area contributed by atoms with Crippen molar-refractivity contribution in [2.45, 2.75) is 19.8 Å². The lowest BCUT2D eigenvalue weighted by atomic mass is 10.2. The van der Waals surface area contributed by atoms with Crippen LogP contribution >= 0.6 is 11.3 Å². The van der Waals surface area contributed by atoms with Crippen molar-refractivity contribution in [1.82, 2.24) is 15.0 Å². The van der Waals surface area contributed by atoms with E-state index in [2.05, 4.69) is 26.3 Å². The summed E-state index contributed by atoms with van der Waals surface area (Å²) in [6.45, 7) is 2.05. The highest BCUT2D eigenvalue weighted by Gasteiger charge is 2.10. The normalized spacial score (nSPS) is 11.2. The number of nitrogens with zero attached hydrogens (tertiary/aromatic N) is 2. The highest BCUT2D eigenvalue weighted by molar-refractivity contribution is 7.22. The molecule has 0 atom stereocenters. The molecule has 0 fully saturated rings. The van der Waals surface area contributed by atoms with Gasteiger partial charge in [-0.3, -0.25) is 4.79 Å². The number of hydrogen-bond acceptors (Lipinski definition) is 4. The van der Waals surface area contributed by atoms with E-state index in [-0.39, 0.29) is 5.91 Å². The zero-order valence-corrected chi connectivity index (χ0v) is 14.0. The predicted octanol–water partition coefficient (Wildman–Crippen LogP) is 4.05. The van der Waals surface area contributed by atoms with Gasteiger partial charge in [0.2, 0.25) is 5.91 Å². The molecule has 4 aromatic rings. The summed E-state index contributed by atoms with van der Waals surface area (Å²) in [5, 5.41) is 3.53. The van der Waals surface area contributed by atoms with Crippen LogP contribution in [0.4, 0.5) is 5.13 Å². The Hall–Kier alpha value is -2.73. The Bertz CT molecular complexity index is 1000. The number of hydrogen-bond donors (Lipinski definition) is 2. The fraction of sp³-hybridized carbons (Fsp3) is 0.167. The number of amides is 1. The molecule has 0 unspecified atom stereocenters. The molecule has 2 aromatic carbocycles. The third-order valence-electron chi connectivity index (χ3n) is 3.82. The van der Waals surface area contributed by atoms with Gasteiger partial charge in [-0.1, -0.05) is 29.5 Å². The molecule has 0 aliphatic carbocycles. The van der Waals surface area contributed by atoms with Crippen LogP contribution in [-0.2, 0) is 11.2 Å². The molecule has 5 nitrogen and oxygen atoms in total. The molecule has 0 radical (unpaired) electrons. The van der Waals surface area contributed by atoms with Gasteiger partial charge in [-0.15, -0.1) is 0 Å². The van der Waals surface area contributed by atoms with Crippen molar-refractivity contribution < 1.29 is 4.79 Å². The number of imidazole rings is 1. The fourth-order valence-electron chi connectivity index (χ4n) is 2.62. The summed E-state index contributed by atoms with van der Waals surface area (Å²) in [5.74, 6) is 0.775. The lowest BCUT2D eigenvalue weighted by molar-refractivity contribution is -0.116. The number of carbonyl (C=O) groups is 1. The number of benzene rings is 2. The number of carbonyl (C=O) groups excluding carboxylic acids is 1. The Morgan fingerprint density at radius 1 is 1.17 bits per heavy atom. The molecule has 24 heavy (non-hydrogen) atoms. The Morgan fingerprint density at radius 3 is 2.92 bits per heavy atom. The second-order valence-electron chi connectivity index (χ2n) is 5.74. The maximum Gasteiger partial charge on any atom is 0.226 e. The predicted molar refractivity (Wildman–Crippen MR) is 97.4 cm³/mol. The lowest BCUT2D eigenvalue weighted by Gasteiger charge is -1.99. The van der Waals surface area contributed by atoms with Crippen LogP contribution < -0.4 is 5.32 Å². The number of rotatable bonds is 4. The van der Waals surface area contributed by atoms with E-state index in [1.165, 1.54) is 16.9 Å². The summed E-state index contributed by atoms with van der Waals surface area (Å²) in [5.41, 5.74) is 4.02. The van der Waals surface area contributed by atoms with E-state index in [1.807, 2.05) is 43.3 Å². The number of aromatic nitrogens is 3. The van der Waals surface area contributed by atoms with E-state index in [0.717, 1.165) is 27.1 Å². The Kier molecular flexibility index (Phi) is 3.74. The van der Waals surface area contributed by atoms with Crippen LogP contribution in [0.25, 0.3) is 21.3 Å². The molecule has 0 spiro atoms. The van der Waals surface area contributed by atoms with E-state index < -0.39 is 0 Å². The van der Waals surface area contributed by atoms with E-state index in [9.17, 15) is 4.79 Å². The van der Waals surface area contributed by atoms with Crippen LogP contribution in [-0.4, -0.2) is 20.9 Å². The topological polar surface area (TPSA) is 70.7 Å². The van der Waals surface area contributed by atoms with Crippen molar-refractivity contribution in [3.05, 3.63) is 53.9 Å². The molecule has 6 heteroatoms. The summed E-state index contributed by atoms with van der Waals surface area (Å²) in [7, 11) is 0. The SMILES string of the molecule is Cc1ccc2nc(NC(=O)CCc3nc4ccccc4[nH]3)sc2c1. The Balaban J connectivity index is 1.42. The molecule has 0 bridgehead atoms. The van der Waals surface area contributed by atoms with Crippen molar-refractivity contribution in [3.63, 3.8) is 0 Å². The van der Waals surface area contributed by atoms with Crippen LogP contribution in [0.3, 0.4) is 0 Å². The van der Waals surface area contributed by atoms with Gasteiger partial charge in [-0.05, 0) is 36.8 Å². The number of para-hydroxylation sites is 2. The molecule has 0 saturated heterocycles. The molecule has 0 saturated carbocycles. The van der Waals surface area contributed by atoms with Crippen LogP contribution in [0.5, 0.6) is 0 Å². The third kappa shape index (κ3) is 3.00. The second kappa shape index (κ2) is 6.05. The van der Waals surface area contributed by atoms with Crippen LogP contribution in [0.1, 0.15) is 17.8 Å². The quantitative estimate of drug-likeness (QED) is 0.590. The first kappa shape index (κ1) is 14.8. The highest BCUT2D eigenvalue weighted by atomic mass is 32.1. The number of aromatic amines is 1. The van der Waals surface area contributed by atoms with Crippen molar-refractivity contribution in [2.75, 3.05) is 5.32 Å². The van der Waals surface area contributed by atoms with E-state index in [4.69, 9.17) is 0 Å². The van der Waals surface area contributed by atoms with Crippen molar-refractivity contribution in [1.29, 1.82) is 0 Å². The molecule has 1 amide bonds. The minimum absolute atomic E-state index is 0.0498. The van der Waals surface area contributed by atoms with Gasteiger partial charge in [0.05, 0.1) is 21.3 Å². The summed E-state index contributed by atoms with van der Waals surface area (Å²) in [6.07, 6.45) is 0.944. The van der Waals surface area contributed by atoms with Crippen LogP contribution in [0.2, 0.25) is 0 Å². The van der Waals surface area contributed by atoms with Gasteiger partial charge in [0.1, 0.15) is 5.82 Å². The standard InChI is InChI=1S/C18H16N4OS/c1-11-6-7-14-15(10-11)24-18(21-14)22-17(23)9-8-16-19-12-4-2-3-5-13(12)20-16/h2-7,10H,8-9H2,1H3,(H,19,20)(H,21,22,23). The summed E-state index contributed by atoms with van der Waals surface area (Å²) < 4.78 is 1.09. The molecule has 2 N–H and O–H groups in total. The number of anilines is 1. The monoisotopic (exact) mass is 336 g/mol. The number of H-pyrrole nitrogens is 1. The Morgan fingerprint density at radius 2 is 2.04 bits per heavy atom. The van der Waals surface area contributed by atoms with Crippen molar-refractivity contribution >= 4 is 43.6 Å². The maximum atomic E-state index is 12.2. The van der Waals surface area contributed by atoms with E-state index >= 15 is 0 Å². The van der Waals surface area contributed by atoms with Gasteiger partial charge in [-0.25, -0.2) is 9.97 Å². The van der Waals surface area contributed by atoms with Gasteiger partial charge in [0, 0.05) is 12.8 Å². The van der Waals surface area contributed by atoms with Crippen LogP contribution in [0.15, 0.2) is 42.5 Å². The van der Waals surface area contributed by atoms with Gasteiger partial charge >= 0.3 is 0 Å². The molecule has 2 aromatic heterocycles. The Labute approximate surface area is 142 Å². The summed E-state index contributed by atoms with van der Waals surface area (Å²) in [6, 6.07) is 13.9. The number of aryl methyl sites for hydroxylation is 2. The lowest BCUT2D eigenvalue weighted by Crippen LogP contribution is -2.12. The summed E-state index contributed by atoms with van der Waals surface area (Å²) in [4.78, 5) is 24.3. The van der Waals surface area contributed by atoms with Crippen molar-refractivity contribution in [2.24, 2.45) is 0 Å². The van der Waals surface area contributed by atoms with Crippen molar-refractivity contribution in [3.8, 4) is 0 Å². The molecule has 2 heterocycles. The van der Waals surface area contributed by atoms with Gasteiger partial charge in [0.25, 0.3) is 0 Å². The molecule has 0 aliphatic heterocycles. The van der Waals surface area contributed by atoms with Crippen LogP contribution in [0, 0.1) is 6.92 Å². The largest absolute Gasteiger partial charge is 0.342 e. The minimum Gasteiger partial charge on any atom is -0.342 e.